The van der Waals surface area contributed by atoms with Crippen molar-refractivity contribution in [2.45, 2.75) is 38.2 Å². The Hall–Kier alpha value is -1.40. The van der Waals surface area contributed by atoms with Gasteiger partial charge in [-0.05, 0) is 31.5 Å². The van der Waals surface area contributed by atoms with Gasteiger partial charge in [0.2, 0.25) is 0 Å². The molecule has 0 heterocycles. The minimum atomic E-state index is -5.38. The van der Waals surface area contributed by atoms with Gasteiger partial charge < -0.3 is 4.74 Å². The molecule has 0 aliphatic heterocycles. The molecule has 0 saturated heterocycles. The summed E-state index contributed by atoms with van der Waals surface area (Å²) in [7, 11) is 0. The van der Waals surface area contributed by atoms with Gasteiger partial charge in [-0.1, -0.05) is 12.1 Å². The van der Waals surface area contributed by atoms with Crippen LogP contribution in [0.25, 0.3) is 0 Å². The first-order chi connectivity index (χ1) is 8.51. The number of alkyl halides is 6. The molecule has 1 aromatic carbocycles. The highest BCUT2D eigenvalue weighted by atomic mass is 19.4. The second kappa shape index (κ2) is 5.30. The van der Waals surface area contributed by atoms with Crippen LogP contribution in [0.4, 0.5) is 26.3 Å². The lowest BCUT2D eigenvalue weighted by Crippen LogP contribution is -2.34. The monoisotopic (exact) mass is 286 g/mol. The van der Waals surface area contributed by atoms with E-state index in [2.05, 4.69) is 0 Å². The first kappa shape index (κ1) is 15.7. The summed E-state index contributed by atoms with van der Waals surface area (Å²) >= 11 is 0. The molecule has 1 aromatic rings. The molecule has 0 radical (unpaired) electrons. The molecule has 1 nitrogen and oxygen atoms in total. The fraction of sp³-hybridized carbons (Fsp3) is 0.500. The van der Waals surface area contributed by atoms with E-state index in [0.717, 1.165) is 24.3 Å². The number of hydrogen-bond donors (Lipinski definition) is 0. The summed E-state index contributed by atoms with van der Waals surface area (Å²) in [6.45, 7) is 3.39. The van der Waals surface area contributed by atoms with Gasteiger partial charge in [0.05, 0.1) is 6.10 Å². The highest BCUT2D eigenvalue weighted by Crippen LogP contribution is 2.46. The molecule has 0 N–H and O–H groups in total. The van der Waals surface area contributed by atoms with Crippen molar-refractivity contribution in [2.75, 3.05) is 0 Å². The summed E-state index contributed by atoms with van der Waals surface area (Å²) in [6.07, 6.45) is -11.0. The molecule has 0 aliphatic rings. The summed E-state index contributed by atoms with van der Waals surface area (Å²) in [5.74, 6) is -3.25. The molecule has 7 heteroatoms. The van der Waals surface area contributed by atoms with E-state index in [4.69, 9.17) is 4.74 Å². The van der Waals surface area contributed by atoms with Gasteiger partial charge in [-0.25, -0.2) is 0 Å². The van der Waals surface area contributed by atoms with Crippen LogP contribution in [0.1, 0.15) is 25.3 Å². The van der Waals surface area contributed by atoms with Gasteiger partial charge >= 0.3 is 12.4 Å². The third-order valence-corrected chi connectivity index (χ3v) is 2.24. The van der Waals surface area contributed by atoms with E-state index in [1.54, 1.807) is 13.8 Å². The predicted molar refractivity (Wildman–Crippen MR) is 57.1 cm³/mol. The Morgan fingerprint density at radius 3 is 1.58 bits per heavy atom. The van der Waals surface area contributed by atoms with Crippen molar-refractivity contribution in [3.05, 3.63) is 29.8 Å². The SMILES string of the molecule is CC(C)Oc1ccc(C(C(F)(F)F)C(F)(F)F)cc1. The van der Waals surface area contributed by atoms with Gasteiger partial charge in [0, 0.05) is 0 Å². The predicted octanol–water partition coefficient (Wildman–Crippen LogP) is 4.68. The van der Waals surface area contributed by atoms with Crippen molar-refractivity contribution in [1.82, 2.24) is 0 Å². The maximum absolute atomic E-state index is 12.5. The van der Waals surface area contributed by atoms with Gasteiger partial charge in [0.25, 0.3) is 0 Å². The normalized spacial score (nSPS) is 13.2. The van der Waals surface area contributed by atoms with E-state index >= 15 is 0 Å². The highest BCUT2D eigenvalue weighted by molar-refractivity contribution is 5.31. The lowest BCUT2D eigenvalue weighted by atomic mass is 9.98. The Labute approximate surface area is 106 Å². The fourth-order valence-corrected chi connectivity index (χ4v) is 1.57. The summed E-state index contributed by atoms with van der Waals surface area (Å²) in [5, 5.41) is 0. The van der Waals surface area contributed by atoms with Gasteiger partial charge in [-0.15, -0.1) is 0 Å². The number of hydrogen-bond acceptors (Lipinski definition) is 1. The Morgan fingerprint density at radius 2 is 1.26 bits per heavy atom. The summed E-state index contributed by atoms with van der Waals surface area (Å²) < 4.78 is 79.9. The van der Waals surface area contributed by atoms with Crippen LogP contribution in [-0.4, -0.2) is 18.5 Å². The van der Waals surface area contributed by atoms with E-state index in [0.29, 0.717) is 0 Å². The molecule has 19 heavy (non-hydrogen) atoms. The molecule has 0 amide bonds. The number of ether oxygens (including phenoxy) is 1. The first-order valence-electron chi connectivity index (χ1n) is 5.42. The quantitative estimate of drug-likeness (QED) is 0.733. The van der Waals surface area contributed by atoms with Crippen LogP contribution in [0.5, 0.6) is 5.75 Å². The second-order valence-corrected chi connectivity index (χ2v) is 4.25. The van der Waals surface area contributed by atoms with Gasteiger partial charge in [0.15, 0.2) is 5.92 Å². The molecule has 0 fully saturated rings. The van der Waals surface area contributed by atoms with Crippen LogP contribution >= 0.6 is 0 Å². The molecule has 1 rings (SSSR count). The molecule has 0 aliphatic carbocycles. The largest absolute Gasteiger partial charge is 0.491 e. The van der Waals surface area contributed by atoms with Crippen molar-refractivity contribution in [3.8, 4) is 5.75 Å². The Morgan fingerprint density at radius 1 is 0.842 bits per heavy atom. The summed E-state index contributed by atoms with van der Waals surface area (Å²) in [5.41, 5.74) is -0.851. The molecular formula is C12H12F6O. The average Bonchev–Trinajstić information content (AvgIpc) is 2.15. The fourth-order valence-electron chi connectivity index (χ4n) is 1.57. The maximum atomic E-state index is 12.5. The highest BCUT2D eigenvalue weighted by Gasteiger charge is 2.57. The van der Waals surface area contributed by atoms with Crippen LogP contribution in [-0.2, 0) is 0 Å². The molecule has 0 spiro atoms. The Kier molecular flexibility index (Phi) is 4.37. The van der Waals surface area contributed by atoms with Crippen molar-refractivity contribution in [3.63, 3.8) is 0 Å². The average molecular weight is 286 g/mol. The van der Waals surface area contributed by atoms with Crippen molar-refractivity contribution in [2.24, 2.45) is 0 Å². The number of halogens is 6. The number of rotatable bonds is 3. The zero-order chi connectivity index (χ0) is 14.8. The second-order valence-electron chi connectivity index (χ2n) is 4.25. The summed E-state index contributed by atoms with van der Waals surface area (Å²) in [4.78, 5) is 0. The van der Waals surface area contributed by atoms with Gasteiger partial charge in [-0.3, -0.25) is 0 Å². The van der Waals surface area contributed by atoms with Gasteiger partial charge in [0.1, 0.15) is 5.75 Å². The van der Waals surface area contributed by atoms with E-state index in [-0.39, 0.29) is 11.9 Å². The first-order valence-corrected chi connectivity index (χ1v) is 5.42. The Balaban J connectivity index is 3.05. The lowest BCUT2D eigenvalue weighted by molar-refractivity contribution is -0.253. The molecular weight excluding hydrogens is 274 g/mol. The lowest BCUT2D eigenvalue weighted by Gasteiger charge is -2.23. The topological polar surface area (TPSA) is 9.23 Å². The zero-order valence-electron chi connectivity index (χ0n) is 10.1. The van der Waals surface area contributed by atoms with E-state index in [1.807, 2.05) is 0 Å². The van der Waals surface area contributed by atoms with E-state index in [1.165, 1.54) is 0 Å². The van der Waals surface area contributed by atoms with Crippen LogP contribution in [0.3, 0.4) is 0 Å². The van der Waals surface area contributed by atoms with Crippen LogP contribution in [0.2, 0.25) is 0 Å². The molecule has 0 unspecified atom stereocenters. The van der Waals surface area contributed by atoms with E-state index < -0.39 is 23.8 Å². The van der Waals surface area contributed by atoms with Crippen LogP contribution < -0.4 is 4.74 Å². The van der Waals surface area contributed by atoms with Crippen molar-refractivity contribution in [1.29, 1.82) is 0 Å². The number of benzene rings is 1. The minimum absolute atomic E-state index is 0.216. The van der Waals surface area contributed by atoms with Crippen molar-refractivity contribution < 1.29 is 31.1 Å². The molecule has 0 aromatic heterocycles. The van der Waals surface area contributed by atoms with Crippen molar-refractivity contribution >= 4 is 0 Å². The maximum Gasteiger partial charge on any atom is 0.404 e. The van der Waals surface area contributed by atoms with Gasteiger partial charge in [-0.2, -0.15) is 26.3 Å². The van der Waals surface area contributed by atoms with Crippen LogP contribution in [0, 0.1) is 0 Å². The zero-order valence-corrected chi connectivity index (χ0v) is 10.1. The van der Waals surface area contributed by atoms with Crippen LogP contribution in [0.15, 0.2) is 24.3 Å². The standard InChI is InChI=1S/C12H12F6O/c1-7(2)19-9-5-3-8(4-6-9)10(11(13,14)15)12(16,17)18/h3-7,10H,1-2H3. The third kappa shape index (κ3) is 4.33. The third-order valence-electron chi connectivity index (χ3n) is 2.24. The molecule has 0 atom stereocenters. The summed E-state index contributed by atoms with van der Waals surface area (Å²) in [6, 6.07) is 3.76. The van der Waals surface area contributed by atoms with E-state index in [9.17, 15) is 26.3 Å². The minimum Gasteiger partial charge on any atom is -0.491 e. The molecule has 0 saturated carbocycles. The Bertz CT molecular complexity index is 390. The smallest absolute Gasteiger partial charge is 0.404 e. The molecule has 108 valence electrons. The molecule has 0 bridgehead atoms.